The van der Waals surface area contributed by atoms with Crippen molar-refractivity contribution in [1.29, 1.82) is 0 Å². The molecule has 1 aromatic carbocycles. The number of rotatable bonds is 5. The van der Waals surface area contributed by atoms with E-state index in [9.17, 15) is 4.79 Å². The van der Waals surface area contributed by atoms with Crippen molar-refractivity contribution in [3.8, 4) is 11.3 Å². The first kappa shape index (κ1) is 18.6. The Morgan fingerprint density at radius 1 is 1.18 bits per heavy atom. The van der Waals surface area contributed by atoms with Crippen LogP contribution in [-0.2, 0) is 11.3 Å². The molecular weight excluding hydrogens is 380 g/mol. The summed E-state index contributed by atoms with van der Waals surface area (Å²) >= 11 is 5.99. The number of halogens is 1. The van der Waals surface area contributed by atoms with Crippen LogP contribution in [0.2, 0.25) is 5.02 Å². The van der Waals surface area contributed by atoms with E-state index in [4.69, 9.17) is 20.9 Å². The van der Waals surface area contributed by atoms with E-state index in [2.05, 4.69) is 20.4 Å². The maximum absolute atomic E-state index is 12.4. The van der Waals surface area contributed by atoms with Gasteiger partial charge in [-0.1, -0.05) is 35.0 Å². The van der Waals surface area contributed by atoms with E-state index in [1.807, 2.05) is 18.2 Å². The van der Waals surface area contributed by atoms with E-state index < -0.39 is 5.91 Å². The molecule has 1 aliphatic rings. The summed E-state index contributed by atoms with van der Waals surface area (Å²) < 4.78 is 10.5. The van der Waals surface area contributed by atoms with E-state index in [-0.39, 0.29) is 5.76 Å². The van der Waals surface area contributed by atoms with Crippen LogP contribution in [0.5, 0.6) is 0 Å². The smallest absolute Gasteiger partial charge is 0.295 e. The lowest BCUT2D eigenvalue weighted by Gasteiger charge is -2.26. The van der Waals surface area contributed by atoms with Gasteiger partial charge in [-0.2, -0.15) is 0 Å². The quantitative estimate of drug-likeness (QED) is 0.708. The minimum absolute atomic E-state index is 0.106. The molecule has 0 aliphatic carbocycles. The number of hydrogen-bond donors (Lipinski definition) is 1. The zero-order valence-corrected chi connectivity index (χ0v) is 15.9. The van der Waals surface area contributed by atoms with Crippen molar-refractivity contribution in [3.05, 3.63) is 65.0 Å². The fourth-order valence-electron chi connectivity index (χ4n) is 2.95. The van der Waals surface area contributed by atoms with E-state index >= 15 is 0 Å². The topological polar surface area (TPSA) is 80.5 Å². The number of pyridine rings is 1. The number of anilines is 1. The second-order valence-corrected chi connectivity index (χ2v) is 6.92. The SMILES string of the molecule is O=C(Nc1ccc(CN2CCOCC2)cn1)c1cc(-c2cccc(Cl)c2)no1. The van der Waals surface area contributed by atoms with Crippen molar-refractivity contribution >= 4 is 23.3 Å². The lowest BCUT2D eigenvalue weighted by Crippen LogP contribution is -2.35. The van der Waals surface area contributed by atoms with Crippen molar-refractivity contribution in [2.75, 3.05) is 31.6 Å². The van der Waals surface area contributed by atoms with Crippen LogP contribution in [0.3, 0.4) is 0 Å². The molecule has 0 spiro atoms. The summed E-state index contributed by atoms with van der Waals surface area (Å²) in [7, 11) is 0. The number of carbonyl (C=O) groups is 1. The molecule has 1 aliphatic heterocycles. The molecule has 8 heteroatoms. The largest absolute Gasteiger partial charge is 0.379 e. The van der Waals surface area contributed by atoms with E-state index in [1.54, 1.807) is 30.5 Å². The van der Waals surface area contributed by atoms with Crippen LogP contribution in [0.1, 0.15) is 16.1 Å². The molecule has 2 aromatic heterocycles. The van der Waals surface area contributed by atoms with Gasteiger partial charge in [-0.05, 0) is 23.8 Å². The lowest BCUT2D eigenvalue weighted by atomic mass is 10.1. The highest BCUT2D eigenvalue weighted by Crippen LogP contribution is 2.22. The van der Waals surface area contributed by atoms with Crippen LogP contribution in [0, 0.1) is 0 Å². The van der Waals surface area contributed by atoms with E-state index in [1.165, 1.54) is 0 Å². The third kappa shape index (κ3) is 4.56. The van der Waals surface area contributed by atoms with Crippen molar-refractivity contribution in [2.45, 2.75) is 6.54 Å². The number of ether oxygens (including phenoxy) is 1. The highest BCUT2D eigenvalue weighted by atomic mass is 35.5. The van der Waals surface area contributed by atoms with Crippen LogP contribution in [0.25, 0.3) is 11.3 Å². The molecule has 0 saturated carbocycles. The molecule has 7 nitrogen and oxygen atoms in total. The second-order valence-electron chi connectivity index (χ2n) is 6.48. The average molecular weight is 399 g/mol. The Labute approximate surface area is 167 Å². The molecule has 0 radical (unpaired) electrons. The van der Waals surface area contributed by atoms with Crippen molar-refractivity contribution < 1.29 is 14.1 Å². The Balaban J connectivity index is 1.38. The Bertz CT molecular complexity index is 952. The molecule has 28 heavy (non-hydrogen) atoms. The first-order chi connectivity index (χ1) is 13.7. The van der Waals surface area contributed by atoms with Gasteiger partial charge in [0, 0.05) is 42.5 Å². The third-order valence-electron chi connectivity index (χ3n) is 4.43. The zero-order valence-electron chi connectivity index (χ0n) is 15.1. The summed E-state index contributed by atoms with van der Waals surface area (Å²) in [5, 5.41) is 7.25. The van der Waals surface area contributed by atoms with Crippen molar-refractivity contribution in [3.63, 3.8) is 0 Å². The Morgan fingerprint density at radius 2 is 2.04 bits per heavy atom. The van der Waals surface area contributed by atoms with Crippen LogP contribution in [0.4, 0.5) is 5.82 Å². The molecule has 3 heterocycles. The fraction of sp³-hybridized carbons (Fsp3) is 0.250. The zero-order chi connectivity index (χ0) is 19.3. The van der Waals surface area contributed by atoms with Crippen molar-refractivity contribution in [2.24, 2.45) is 0 Å². The highest BCUT2D eigenvalue weighted by Gasteiger charge is 2.15. The van der Waals surface area contributed by atoms with Crippen LogP contribution < -0.4 is 5.32 Å². The fourth-order valence-corrected chi connectivity index (χ4v) is 3.14. The van der Waals surface area contributed by atoms with Gasteiger partial charge >= 0.3 is 0 Å². The van der Waals surface area contributed by atoms with Gasteiger partial charge in [0.1, 0.15) is 11.5 Å². The van der Waals surface area contributed by atoms with Gasteiger partial charge in [0.25, 0.3) is 5.91 Å². The third-order valence-corrected chi connectivity index (χ3v) is 4.67. The number of hydrogen-bond acceptors (Lipinski definition) is 6. The summed E-state index contributed by atoms with van der Waals surface area (Å²) in [6.07, 6.45) is 1.77. The van der Waals surface area contributed by atoms with Gasteiger partial charge in [0.05, 0.1) is 13.2 Å². The monoisotopic (exact) mass is 398 g/mol. The molecule has 0 unspecified atom stereocenters. The summed E-state index contributed by atoms with van der Waals surface area (Å²) in [6.45, 7) is 4.17. The lowest BCUT2D eigenvalue weighted by molar-refractivity contribution is 0.0341. The van der Waals surface area contributed by atoms with Crippen LogP contribution >= 0.6 is 11.6 Å². The van der Waals surface area contributed by atoms with Gasteiger partial charge < -0.3 is 14.6 Å². The van der Waals surface area contributed by atoms with Gasteiger partial charge in [-0.3, -0.25) is 9.69 Å². The normalized spacial score (nSPS) is 14.8. The first-order valence-corrected chi connectivity index (χ1v) is 9.34. The standard InChI is InChI=1S/C20H19ClN4O3/c21-16-3-1-2-15(10-16)17-11-18(28-24-17)20(26)23-19-5-4-14(12-22-19)13-25-6-8-27-9-7-25/h1-5,10-12H,6-9,13H2,(H,22,23,26). The number of carbonyl (C=O) groups excluding carboxylic acids is 1. The van der Waals surface area contributed by atoms with Crippen molar-refractivity contribution in [1.82, 2.24) is 15.0 Å². The minimum atomic E-state index is -0.408. The predicted octanol–water partition coefficient (Wildman–Crippen LogP) is 3.47. The molecule has 1 N–H and O–H groups in total. The highest BCUT2D eigenvalue weighted by molar-refractivity contribution is 6.30. The summed E-state index contributed by atoms with van der Waals surface area (Å²) in [4.78, 5) is 19.0. The Kier molecular flexibility index (Phi) is 5.66. The summed E-state index contributed by atoms with van der Waals surface area (Å²) in [5.74, 6) is 0.153. The molecule has 1 saturated heterocycles. The second kappa shape index (κ2) is 8.52. The Morgan fingerprint density at radius 3 is 2.79 bits per heavy atom. The molecule has 1 amide bonds. The van der Waals surface area contributed by atoms with Crippen LogP contribution in [-0.4, -0.2) is 47.3 Å². The molecular formula is C20H19ClN4O3. The van der Waals surface area contributed by atoms with Gasteiger partial charge in [0.15, 0.2) is 0 Å². The van der Waals surface area contributed by atoms with E-state index in [0.29, 0.717) is 16.5 Å². The van der Waals surface area contributed by atoms with Crippen LogP contribution in [0.15, 0.2) is 53.2 Å². The number of aromatic nitrogens is 2. The molecule has 144 valence electrons. The Hall–Kier alpha value is -2.74. The maximum atomic E-state index is 12.4. The number of nitrogens with zero attached hydrogens (tertiary/aromatic N) is 3. The molecule has 0 atom stereocenters. The summed E-state index contributed by atoms with van der Waals surface area (Å²) in [6, 6.07) is 12.5. The number of morpholine rings is 1. The van der Waals surface area contributed by atoms with Gasteiger partial charge in [0.2, 0.25) is 5.76 Å². The summed E-state index contributed by atoms with van der Waals surface area (Å²) in [5.41, 5.74) is 2.41. The minimum Gasteiger partial charge on any atom is -0.379 e. The van der Waals surface area contributed by atoms with E-state index in [0.717, 1.165) is 44.0 Å². The van der Waals surface area contributed by atoms with Gasteiger partial charge in [-0.15, -0.1) is 0 Å². The molecule has 3 aromatic rings. The number of amides is 1. The number of nitrogens with one attached hydrogen (secondary N) is 1. The maximum Gasteiger partial charge on any atom is 0.295 e. The van der Waals surface area contributed by atoms with Gasteiger partial charge in [-0.25, -0.2) is 4.98 Å². The predicted molar refractivity (Wildman–Crippen MR) is 105 cm³/mol. The molecule has 0 bridgehead atoms. The number of benzene rings is 1. The first-order valence-electron chi connectivity index (χ1n) is 8.96. The molecule has 4 rings (SSSR count). The average Bonchev–Trinajstić information content (AvgIpc) is 3.21. The molecule has 1 fully saturated rings.